The maximum Gasteiger partial charge on any atom is 0.0590 e. The van der Waals surface area contributed by atoms with Gasteiger partial charge in [0.15, 0.2) is 0 Å². The summed E-state index contributed by atoms with van der Waals surface area (Å²) in [6, 6.07) is 0. The zero-order chi connectivity index (χ0) is 12.6. The first kappa shape index (κ1) is 15.0. The normalized spacial score (nSPS) is 19.8. The highest BCUT2D eigenvalue weighted by Crippen LogP contribution is 2.34. The fraction of sp³-hybridized carbons (Fsp3) is 1.00. The predicted octanol–water partition coefficient (Wildman–Crippen LogP) is 3.61. The van der Waals surface area contributed by atoms with Gasteiger partial charge in [0, 0.05) is 19.7 Å². The molecule has 0 aliphatic heterocycles. The van der Waals surface area contributed by atoms with Gasteiger partial charge in [-0.05, 0) is 30.6 Å². The molecule has 0 aromatic heterocycles. The van der Waals surface area contributed by atoms with Crippen LogP contribution in [0.2, 0.25) is 0 Å². The third-order valence-electron chi connectivity index (χ3n) is 3.88. The minimum absolute atomic E-state index is 0.552. The summed E-state index contributed by atoms with van der Waals surface area (Å²) < 4.78 is 5.60. The Bertz CT molecular complexity index is 185. The maximum atomic E-state index is 5.60. The van der Waals surface area contributed by atoms with Crippen LogP contribution in [0.3, 0.4) is 0 Å². The molecule has 0 unspecified atom stereocenters. The van der Waals surface area contributed by atoms with Gasteiger partial charge in [-0.1, -0.05) is 40.0 Å². The van der Waals surface area contributed by atoms with Crippen molar-refractivity contribution in [2.24, 2.45) is 11.3 Å². The van der Waals surface area contributed by atoms with Gasteiger partial charge in [-0.2, -0.15) is 0 Å². The molecule has 1 rings (SSSR count). The number of nitrogens with one attached hydrogen (secondary N) is 1. The van der Waals surface area contributed by atoms with Crippen LogP contribution in [-0.2, 0) is 4.74 Å². The second-order valence-electron chi connectivity index (χ2n) is 6.34. The van der Waals surface area contributed by atoms with Crippen molar-refractivity contribution in [1.29, 1.82) is 0 Å². The van der Waals surface area contributed by atoms with E-state index in [2.05, 4.69) is 26.1 Å². The monoisotopic (exact) mass is 241 g/mol. The van der Waals surface area contributed by atoms with Crippen molar-refractivity contribution in [1.82, 2.24) is 5.32 Å². The summed E-state index contributed by atoms with van der Waals surface area (Å²) in [7, 11) is 0. The average Bonchev–Trinajstić information content (AvgIpc) is 2.28. The molecular weight excluding hydrogens is 210 g/mol. The Labute approximate surface area is 108 Å². The molecule has 0 aromatic carbocycles. The summed E-state index contributed by atoms with van der Waals surface area (Å²) in [6.45, 7) is 10.9. The van der Waals surface area contributed by atoms with Crippen LogP contribution in [0, 0.1) is 11.3 Å². The molecule has 1 aliphatic carbocycles. The molecule has 17 heavy (non-hydrogen) atoms. The lowest BCUT2D eigenvalue weighted by Gasteiger charge is -2.33. The van der Waals surface area contributed by atoms with Crippen LogP contribution < -0.4 is 5.32 Å². The Balaban J connectivity index is 1.93. The molecular formula is C15H31NO. The molecule has 1 aliphatic rings. The fourth-order valence-corrected chi connectivity index (χ4v) is 2.54. The number of rotatable bonds is 8. The molecule has 0 heterocycles. The minimum atomic E-state index is 0.552. The van der Waals surface area contributed by atoms with E-state index in [1.54, 1.807) is 0 Å². The predicted molar refractivity (Wildman–Crippen MR) is 74.3 cm³/mol. The van der Waals surface area contributed by atoms with Gasteiger partial charge in [-0.3, -0.25) is 0 Å². The summed E-state index contributed by atoms with van der Waals surface area (Å²) in [4.78, 5) is 0. The van der Waals surface area contributed by atoms with E-state index >= 15 is 0 Å². The molecule has 0 amide bonds. The fourth-order valence-electron chi connectivity index (χ4n) is 2.54. The average molecular weight is 241 g/mol. The summed E-state index contributed by atoms with van der Waals surface area (Å²) in [5.74, 6) is 0.754. The first-order valence-corrected chi connectivity index (χ1v) is 7.41. The van der Waals surface area contributed by atoms with Gasteiger partial charge in [-0.25, -0.2) is 0 Å². The van der Waals surface area contributed by atoms with E-state index in [-0.39, 0.29) is 0 Å². The van der Waals surface area contributed by atoms with Crippen molar-refractivity contribution in [3.8, 4) is 0 Å². The lowest BCUT2D eigenvalue weighted by Crippen LogP contribution is -2.35. The number of hydrogen-bond donors (Lipinski definition) is 1. The third kappa shape index (κ3) is 7.05. The smallest absolute Gasteiger partial charge is 0.0590 e. The van der Waals surface area contributed by atoms with Crippen molar-refractivity contribution >= 4 is 0 Å². The van der Waals surface area contributed by atoms with Gasteiger partial charge in [-0.15, -0.1) is 0 Å². The van der Waals surface area contributed by atoms with Gasteiger partial charge in [0.2, 0.25) is 0 Å². The second kappa shape index (κ2) is 8.10. The van der Waals surface area contributed by atoms with E-state index in [0.717, 1.165) is 25.7 Å². The molecule has 0 aromatic rings. The maximum absolute atomic E-state index is 5.60. The van der Waals surface area contributed by atoms with Crippen molar-refractivity contribution in [3.63, 3.8) is 0 Å². The molecule has 0 radical (unpaired) electrons. The summed E-state index contributed by atoms with van der Waals surface area (Å²) >= 11 is 0. The lowest BCUT2D eigenvalue weighted by molar-refractivity contribution is 0.120. The molecule has 2 nitrogen and oxygen atoms in total. The van der Waals surface area contributed by atoms with Crippen molar-refractivity contribution in [2.75, 3.05) is 26.3 Å². The van der Waals surface area contributed by atoms with Crippen LogP contribution >= 0.6 is 0 Å². The molecule has 0 spiro atoms. The van der Waals surface area contributed by atoms with Gasteiger partial charge >= 0.3 is 0 Å². The van der Waals surface area contributed by atoms with Crippen LogP contribution in [-0.4, -0.2) is 26.3 Å². The Morgan fingerprint density at radius 1 is 1.12 bits per heavy atom. The van der Waals surface area contributed by atoms with Crippen LogP contribution in [0.15, 0.2) is 0 Å². The molecule has 102 valence electrons. The van der Waals surface area contributed by atoms with Gasteiger partial charge in [0.25, 0.3) is 0 Å². The quantitative estimate of drug-likeness (QED) is 0.656. The minimum Gasteiger partial charge on any atom is -0.380 e. The van der Waals surface area contributed by atoms with Gasteiger partial charge in [0.05, 0.1) is 6.61 Å². The highest BCUT2D eigenvalue weighted by molar-refractivity contribution is 4.80. The Hall–Kier alpha value is -0.0800. The van der Waals surface area contributed by atoms with Crippen molar-refractivity contribution < 1.29 is 4.74 Å². The molecule has 1 saturated carbocycles. The standard InChI is InChI=1S/C15H31NO/c1-14(2)7-11-17-12-10-16-13-15(3)8-5-4-6-9-15/h14,16H,4-13H2,1-3H3. The lowest BCUT2D eigenvalue weighted by atomic mass is 9.76. The van der Waals surface area contributed by atoms with E-state index < -0.39 is 0 Å². The molecule has 0 bridgehead atoms. The van der Waals surface area contributed by atoms with Crippen LogP contribution in [0.25, 0.3) is 0 Å². The van der Waals surface area contributed by atoms with E-state index in [9.17, 15) is 0 Å². The van der Waals surface area contributed by atoms with Crippen LogP contribution in [0.4, 0.5) is 0 Å². The summed E-state index contributed by atoms with van der Waals surface area (Å²) in [5, 5.41) is 3.56. The number of ether oxygens (including phenoxy) is 1. The molecule has 2 heteroatoms. The van der Waals surface area contributed by atoms with Crippen LogP contribution in [0.5, 0.6) is 0 Å². The van der Waals surface area contributed by atoms with Crippen molar-refractivity contribution in [3.05, 3.63) is 0 Å². The molecule has 1 fully saturated rings. The Kier molecular flexibility index (Phi) is 7.14. The highest BCUT2D eigenvalue weighted by Gasteiger charge is 2.25. The SMILES string of the molecule is CC(C)CCOCCNCC1(C)CCCCC1. The zero-order valence-corrected chi connectivity index (χ0v) is 12.1. The van der Waals surface area contributed by atoms with E-state index in [1.807, 2.05) is 0 Å². The van der Waals surface area contributed by atoms with Crippen molar-refractivity contribution in [2.45, 2.75) is 59.3 Å². The molecule has 0 saturated heterocycles. The largest absolute Gasteiger partial charge is 0.380 e. The van der Waals surface area contributed by atoms with E-state index in [1.165, 1.54) is 45.1 Å². The summed E-state index contributed by atoms with van der Waals surface area (Å²) in [6.07, 6.45) is 8.25. The first-order chi connectivity index (χ1) is 8.12. The topological polar surface area (TPSA) is 21.3 Å². The molecule has 1 N–H and O–H groups in total. The van der Waals surface area contributed by atoms with Crippen LogP contribution in [0.1, 0.15) is 59.3 Å². The van der Waals surface area contributed by atoms with Gasteiger partial charge < -0.3 is 10.1 Å². The Morgan fingerprint density at radius 2 is 1.82 bits per heavy atom. The Morgan fingerprint density at radius 3 is 2.47 bits per heavy atom. The summed E-state index contributed by atoms with van der Waals surface area (Å²) in [5.41, 5.74) is 0.552. The van der Waals surface area contributed by atoms with E-state index in [4.69, 9.17) is 4.74 Å². The van der Waals surface area contributed by atoms with Gasteiger partial charge in [0.1, 0.15) is 0 Å². The second-order valence-corrected chi connectivity index (χ2v) is 6.34. The molecule has 0 atom stereocenters. The highest BCUT2D eigenvalue weighted by atomic mass is 16.5. The zero-order valence-electron chi connectivity index (χ0n) is 12.1. The third-order valence-corrected chi connectivity index (χ3v) is 3.88. The van der Waals surface area contributed by atoms with E-state index in [0.29, 0.717) is 5.41 Å². The first-order valence-electron chi connectivity index (χ1n) is 7.41. The number of hydrogen-bond acceptors (Lipinski definition) is 2.